The van der Waals surface area contributed by atoms with Gasteiger partial charge in [0.2, 0.25) is 0 Å². The molecule has 0 heterocycles. The minimum atomic E-state index is -2.46. The Morgan fingerprint density at radius 2 is 1.39 bits per heavy atom. The van der Waals surface area contributed by atoms with Crippen LogP contribution in [0.5, 0.6) is 0 Å². The van der Waals surface area contributed by atoms with Gasteiger partial charge in [0.25, 0.3) is 0 Å². The average molecular weight is 299 g/mol. The van der Waals surface area contributed by atoms with Crippen LogP contribution in [0.25, 0.3) is 0 Å². The van der Waals surface area contributed by atoms with Crippen molar-refractivity contribution in [2.45, 2.75) is 71.4 Å². The molecule has 0 aliphatic rings. The lowest BCUT2D eigenvalue weighted by atomic mass is 9.92. The van der Waals surface area contributed by atoms with Crippen molar-refractivity contribution in [2.75, 3.05) is 14.2 Å². The van der Waals surface area contributed by atoms with E-state index in [2.05, 4.69) is 27.7 Å². The molecule has 0 N–H and O–H groups in total. The zero-order valence-corrected chi connectivity index (χ0v) is 14.7. The van der Waals surface area contributed by atoms with Crippen LogP contribution in [0.4, 0.5) is 0 Å². The third kappa shape index (κ3) is 5.57. The van der Waals surface area contributed by atoms with Crippen LogP contribution in [0, 0.1) is 0 Å². The molecule has 0 aliphatic carbocycles. The maximum atomic E-state index is 6.40. The minimum Gasteiger partial charge on any atom is -0.377 e. The number of hydrogen-bond donors (Lipinski definition) is 0. The first kappa shape index (κ1) is 20.7. The van der Waals surface area contributed by atoms with Gasteiger partial charge in [-0.25, -0.2) is 0 Å². The monoisotopic (exact) mass is 298 g/mol. The van der Waals surface area contributed by atoms with Crippen molar-refractivity contribution in [3.05, 3.63) is 0 Å². The van der Waals surface area contributed by atoms with Gasteiger partial charge in [-0.15, -0.1) is 12.4 Å². The molecule has 0 fully saturated rings. The predicted octanol–water partition coefficient (Wildman–Crippen LogP) is 4.43. The highest BCUT2D eigenvalue weighted by atomic mass is 35.5. The summed E-state index contributed by atoms with van der Waals surface area (Å²) in [6, 6.07) is 0.894. The molecular weight excluding hydrogens is 268 g/mol. The molecule has 0 aromatic heterocycles. The molecule has 0 amide bonds. The number of rotatable bonds is 10. The quantitative estimate of drug-likeness (QED) is 0.559. The maximum absolute atomic E-state index is 6.40. The van der Waals surface area contributed by atoms with Gasteiger partial charge in [-0.1, -0.05) is 40.5 Å². The standard InChI is InChI=1S/C13H30O3Si.ClH/c1-7-11-13(9-3,10-4)16-17(14-5,15-6)12-8-2;/h7-12H2,1-6H3;1H. The minimum absolute atomic E-state index is 0. The molecule has 0 unspecified atom stereocenters. The van der Waals surface area contributed by atoms with Crippen LogP contribution >= 0.6 is 12.4 Å². The first-order valence-electron chi connectivity index (χ1n) is 6.88. The Balaban J connectivity index is 0. The molecule has 18 heavy (non-hydrogen) atoms. The van der Waals surface area contributed by atoms with Crippen LogP contribution in [0.15, 0.2) is 0 Å². The van der Waals surface area contributed by atoms with Gasteiger partial charge in [-0.3, -0.25) is 0 Å². The molecule has 5 heteroatoms. The summed E-state index contributed by atoms with van der Waals surface area (Å²) in [4.78, 5) is 0. The molecule has 112 valence electrons. The maximum Gasteiger partial charge on any atom is 0.500 e. The van der Waals surface area contributed by atoms with Crippen molar-refractivity contribution in [1.82, 2.24) is 0 Å². The van der Waals surface area contributed by atoms with Gasteiger partial charge >= 0.3 is 8.80 Å². The average Bonchev–Trinajstić information content (AvgIpc) is 2.37. The zero-order valence-electron chi connectivity index (χ0n) is 12.9. The van der Waals surface area contributed by atoms with E-state index in [1.54, 1.807) is 14.2 Å². The van der Waals surface area contributed by atoms with Crippen molar-refractivity contribution in [1.29, 1.82) is 0 Å². The van der Waals surface area contributed by atoms with Gasteiger partial charge in [0.05, 0.1) is 5.60 Å². The van der Waals surface area contributed by atoms with Gasteiger partial charge in [0.1, 0.15) is 0 Å². The Morgan fingerprint density at radius 3 is 1.67 bits per heavy atom. The Bertz CT molecular complexity index is 175. The van der Waals surface area contributed by atoms with Crippen LogP contribution in [0.3, 0.4) is 0 Å². The summed E-state index contributed by atoms with van der Waals surface area (Å²) in [5.74, 6) is 0. The SMILES string of the molecule is CCCC(CC)(CC)O[Si](CCC)(OC)OC.Cl. The van der Waals surface area contributed by atoms with Crippen molar-refractivity contribution in [3.63, 3.8) is 0 Å². The molecule has 0 aromatic carbocycles. The van der Waals surface area contributed by atoms with E-state index in [0.717, 1.165) is 38.1 Å². The second kappa shape index (κ2) is 10.2. The summed E-state index contributed by atoms with van der Waals surface area (Å²) < 4.78 is 17.7. The molecule has 0 radical (unpaired) electrons. The molecule has 0 aromatic rings. The summed E-state index contributed by atoms with van der Waals surface area (Å²) in [6.07, 6.45) is 5.27. The first-order chi connectivity index (χ1) is 8.07. The number of hydrogen-bond acceptors (Lipinski definition) is 3. The molecule has 0 saturated carbocycles. The Kier molecular flexibility index (Phi) is 11.7. The fraction of sp³-hybridized carbons (Fsp3) is 1.00. The summed E-state index contributed by atoms with van der Waals surface area (Å²) in [7, 11) is 0.973. The predicted molar refractivity (Wildman–Crippen MR) is 81.4 cm³/mol. The highest BCUT2D eigenvalue weighted by molar-refractivity contribution is 6.60. The van der Waals surface area contributed by atoms with Crippen molar-refractivity contribution >= 4 is 21.2 Å². The number of halogens is 1. The smallest absolute Gasteiger partial charge is 0.377 e. The van der Waals surface area contributed by atoms with Crippen molar-refractivity contribution < 1.29 is 13.3 Å². The van der Waals surface area contributed by atoms with E-state index in [1.807, 2.05) is 0 Å². The lowest BCUT2D eigenvalue weighted by Crippen LogP contribution is -2.51. The lowest BCUT2D eigenvalue weighted by Gasteiger charge is -2.39. The first-order valence-corrected chi connectivity index (χ1v) is 8.81. The lowest BCUT2D eigenvalue weighted by molar-refractivity contribution is -0.0290. The Hall–Kier alpha value is 0.387. The van der Waals surface area contributed by atoms with Gasteiger partial charge in [-0.05, 0) is 19.3 Å². The Morgan fingerprint density at radius 1 is 0.889 bits per heavy atom. The second-order valence-electron chi connectivity index (χ2n) is 4.58. The zero-order chi connectivity index (χ0) is 13.4. The largest absolute Gasteiger partial charge is 0.500 e. The van der Waals surface area contributed by atoms with E-state index >= 15 is 0 Å². The van der Waals surface area contributed by atoms with E-state index in [9.17, 15) is 0 Å². The van der Waals surface area contributed by atoms with E-state index < -0.39 is 8.80 Å². The van der Waals surface area contributed by atoms with Crippen LogP contribution in [0.2, 0.25) is 6.04 Å². The molecule has 0 saturated heterocycles. The van der Waals surface area contributed by atoms with Gasteiger partial charge in [0, 0.05) is 20.3 Å². The summed E-state index contributed by atoms with van der Waals surface area (Å²) >= 11 is 0. The van der Waals surface area contributed by atoms with Crippen LogP contribution in [-0.2, 0) is 13.3 Å². The fourth-order valence-electron chi connectivity index (χ4n) is 2.31. The Labute approximate surface area is 120 Å². The fourth-order valence-corrected chi connectivity index (χ4v) is 4.82. The topological polar surface area (TPSA) is 27.7 Å². The summed E-state index contributed by atoms with van der Waals surface area (Å²) in [5, 5.41) is 0. The van der Waals surface area contributed by atoms with Crippen LogP contribution < -0.4 is 0 Å². The molecule has 0 aliphatic heterocycles. The van der Waals surface area contributed by atoms with E-state index in [0.29, 0.717) is 0 Å². The van der Waals surface area contributed by atoms with Crippen LogP contribution in [0.1, 0.15) is 59.8 Å². The van der Waals surface area contributed by atoms with Gasteiger partial charge in [-0.2, -0.15) is 0 Å². The molecule has 0 bridgehead atoms. The third-order valence-corrected chi connectivity index (χ3v) is 6.64. The van der Waals surface area contributed by atoms with Crippen molar-refractivity contribution in [2.24, 2.45) is 0 Å². The molecule has 0 spiro atoms. The highest BCUT2D eigenvalue weighted by Gasteiger charge is 2.45. The van der Waals surface area contributed by atoms with Crippen molar-refractivity contribution in [3.8, 4) is 0 Å². The molecule has 0 atom stereocenters. The summed E-state index contributed by atoms with van der Waals surface area (Å²) in [5.41, 5.74) is -0.0673. The second-order valence-corrected chi connectivity index (χ2v) is 7.47. The highest BCUT2D eigenvalue weighted by Crippen LogP contribution is 2.32. The van der Waals surface area contributed by atoms with E-state index in [4.69, 9.17) is 13.3 Å². The van der Waals surface area contributed by atoms with Crippen LogP contribution in [-0.4, -0.2) is 28.6 Å². The normalized spacial score (nSPS) is 12.3. The van der Waals surface area contributed by atoms with E-state index in [-0.39, 0.29) is 18.0 Å². The summed E-state index contributed by atoms with van der Waals surface area (Å²) in [6.45, 7) is 8.72. The van der Waals surface area contributed by atoms with Gasteiger partial charge < -0.3 is 13.3 Å². The van der Waals surface area contributed by atoms with E-state index in [1.165, 1.54) is 0 Å². The molecular formula is C13H31ClO3Si. The van der Waals surface area contributed by atoms with Gasteiger partial charge in [0.15, 0.2) is 0 Å². The third-order valence-electron chi connectivity index (χ3n) is 3.54. The molecule has 3 nitrogen and oxygen atoms in total. The molecule has 0 rings (SSSR count).